The van der Waals surface area contributed by atoms with Gasteiger partial charge in [0.25, 0.3) is 0 Å². The van der Waals surface area contributed by atoms with Crippen LogP contribution in [0, 0.1) is 31.6 Å². The summed E-state index contributed by atoms with van der Waals surface area (Å²) < 4.78 is 7.02. The van der Waals surface area contributed by atoms with Crippen LogP contribution in [-0.2, 0) is 4.74 Å². The molecule has 1 aromatic carbocycles. The fraction of sp³-hybridized carbons (Fsp3) is 0.588. The summed E-state index contributed by atoms with van der Waals surface area (Å²) in [7, 11) is 2.32. The van der Waals surface area contributed by atoms with E-state index in [0.717, 1.165) is 12.5 Å². The van der Waals surface area contributed by atoms with E-state index < -0.39 is 0 Å². The van der Waals surface area contributed by atoms with E-state index in [9.17, 15) is 0 Å². The molecular weight excluding hydrogens is 452 g/mol. The predicted molar refractivity (Wildman–Crippen MR) is 153 cm³/mol. The smallest absolute Gasteiger partial charge is 0.116 e. The average Bonchev–Trinajstić information content (AvgIpc) is 3.25. The number of fused-ring (bicyclic) bond motifs is 3. The number of nitrogens with zero attached hydrogens (tertiary/aromatic N) is 1. The van der Waals surface area contributed by atoms with Gasteiger partial charge < -0.3 is 4.74 Å². The highest BCUT2D eigenvalue weighted by Gasteiger charge is 2.50. The van der Waals surface area contributed by atoms with Gasteiger partial charge in [-0.05, 0) is 81.3 Å². The van der Waals surface area contributed by atoms with Crippen LogP contribution in [-0.4, -0.2) is 36.9 Å². The SMILES string of the molecule is CC1=CC(C)=C(C2C=C(CC3CCCCC3)CCN2C)C2OC3NC(c4c(C)cccc4C)C=CC3C12. The van der Waals surface area contributed by atoms with E-state index in [4.69, 9.17) is 4.74 Å². The summed E-state index contributed by atoms with van der Waals surface area (Å²) in [5.74, 6) is 1.70. The zero-order valence-corrected chi connectivity index (χ0v) is 23.6. The van der Waals surface area contributed by atoms with Crippen LogP contribution in [0.4, 0.5) is 0 Å². The average molecular weight is 499 g/mol. The zero-order valence-electron chi connectivity index (χ0n) is 23.6. The van der Waals surface area contributed by atoms with Crippen LogP contribution in [0.3, 0.4) is 0 Å². The molecule has 2 fully saturated rings. The van der Waals surface area contributed by atoms with Crippen LogP contribution in [0.2, 0.25) is 0 Å². The van der Waals surface area contributed by atoms with Gasteiger partial charge in [0.05, 0.1) is 18.2 Å². The maximum Gasteiger partial charge on any atom is 0.116 e. The van der Waals surface area contributed by atoms with Crippen LogP contribution in [0.5, 0.6) is 0 Å². The Labute approximate surface area is 224 Å². The molecule has 0 spiro atoms. The van der Waals surface area contributed by atoms with Crippen molar-refractivity contribution in [3.8, 4) is 0 Å². The van der Waals surface area contributed by atoms with Crippen LogP contribution in [0.25, 0.3) is 0 Å². The third-order valence-corrected chi connectivity index (χ3v) is 10.1. The Balaban J connectivity index is 1.27. The van der Waals surface area contributed by atoms with Gasteiger partial charge in [-0.1, -0.05) is 85.8 Å². The van der Waals surface area contributed by atoms with E-state index in [0.29, 0.717) is 17.9 Å². The molecule has 0 radical (unpaired) electrons. The molecule has 0 aromatic heterocycles. The van der Waals surface area contributed by atoms with Gasteiger partial charge in [-0.3, -0.25) is 10.2 Å². The number of benzene rings is 1. The summed E-state index contributed by atoms with van der Waals surface area (Å²) in [6, 6.07) is 7.18. The van der Waals surface area contributed by atoms with Gasteiger partial charge in [0.1, 0.15) is 6.23 Å². The zero-order chi connectivity index (χ0) is 25.7. The standard InChI is InChI=1S/C34H46N2O/c1-21-10-9-11-22(2)30(21)28-15-14-27-31-23(3)18-24(4)32(33(31)37-34(27)35-28)29-20-26(16-17-36(29)5)19-25-12-7-6-8-13-25/h9-11,14-15,18,20,25,27-29,31,33-35H,6-8,12-13,16-17,19H2,1-5H3. The number of allylic oxidation sites excluding steroid dienone is 2. The van der Waals surface area contributed by atoms with Crippen molar-refractivity contribution in [1.82, 2.24) is 10.2 Å². The molecule has 1 saturated carbocycles. The normalized spacial score (nSPS) is 34.7. The molecule has 198 valence electrons. The Morgan fingerprint density at radius 3 is 2.51 bits per heavy atom. The molecule has 6 unspecified atom stereocenters. The summed E-state index contributed by atoms with van der Waals surface area (Å²) in [6.45, 7) is 10.3. The molecule has 1 aromatic rings. The highest BCUT2D eigenvalue weighted by Crippen LogP contribution is 2.48. The molecule has 3 aliphatic heterocycles. The van der Waals surface area contributed by atoms with E-state index in [2.05, 4.69) is 87.5 Å². The number of aryl methyl sites for hydroxylation is 2. The molecule has 2 aliphatic carbocycles. The summed E-state index contributed by atoms with van der Waals surface area (Å²) in [5, 5.41) is 3.91. The van der Waals surface area contributed by atoms with Gasteiger partial charge >= 0.3 is 0 Å². The topological polar surface area (TPSA) is 24.5 Å². The van der Waals surface area contributed by atoms with Crippen molar-refractivity contribution in [2.75, 3.05) is 13.6 Å². The third-order valence-electron chi connectivity index (χ3n) is 10.1. The molecule has 3 heteroatoms. The lowest BCUT2D eigenvalue weighted by molar-refractivity contribution is 0.0187. The molecule has 3 nitrogen and oxygen atoms in total. The first-order valence-corrected chi connectivity index (χ1v) is 14.9. The van der Waals surface area contributed by atoms with Gasteiger partial charge in [0.2, 0.25) is 0 Å². The van der Waals surface area contributed by atoms with Crippen molar-refractivity contribution in [3.63, 3.8) is 0 Å². The molecule has 6 rings (SSSR count). The van der Waals surface area contributed by atoms with Crippen molar-refractivity contribution in [3.05, 3.63) is 81.5 Å². The first-order chi connectivity index (χ1) is 17.9. The van der Waals surface area contributed by atoms with E-state index in [1.807, 2.05) is 0 Å². The van der Waals surface area contributed by atoms with Gasteiger partial charge in [-0.25, -0.2) is 0 Å². The summed E-state index contributed by atoms with van der Waals surface area (Å²) >= 11 is 0. The van der Waals surface area contributed by atoms with E-state index in [1.165, 1.54) is 78.4 Å². The molecule has 37 heavy (non-hydrogen) atoms. The lowest BCUT2D eigenvalue weighted by atomic mass is 9.72. The Kier molecular flexibility index (Phi) is 7.07. The van der Waals surface area contributed by atoms with E-state index in [1.54, 1.807) is 5.57 Å². The molecule has 1 saturated heterocycles. The number of nitrogens with one attached hydrogen (secondary N) is 1. The van der Waals surface area contributed by atoms with Crippen molar-refractivity contribution in [2.24, 2.45) is 17.8 Å². The number of hydrogen-bond acceptors (Lipinski definition) is 3. The first-order valence-electron chi connectivity index (χ1n) is 14.9. The summed E-state index contributed by atoms with van der Waals surface area (Å²) in [5.41, 5.74) is 10.2. The highest BCUT2D eigenvalue weighted by molar-refractivity contribution is 5.46. The second-order valence-corrected chi connectivity index (χ2v) is 12.7. The minimum atomic E-state index is 0.0489. The monoisotopic (exact) mass is 498 g/mol. The minimum absolute atomic E-state index is 0.0489. The van der Waals surface area contributed by atoms with Gasteiger partial charge in [-0.15, -0.1) is 0 Å². The Morgan fingerprint density at radius 2 is 1.76 bits per heavy atom. The predicted octanol–water partition coefficient (Wildman–Crippen LogP) is 7.34. The largest absolute Gasteiger partial charge is 0.354 e. The lowest BCUT2D eigenvalue weighted by Gasteiger charge is -2.40. The number of hydrogen-bond donors (Lipinski definition) is 1. The molecule has 1 N–H and O–H groups in total. The van der Waals surface area contributed by atoms with Crippen LogP contribution in [0.1, 0.15) is 81.5 Å². The van der Waals surface area contributed by atoms with Crippen molar-refractivity contribution >= 4 is 0 Å². The number of rotatable bonds is 4. The summed E-state index contributed by atoms with van der Waals surface area (Å²) in [6.07, 6.45) is 19.9. The van der Waals surface area contributed by atoms with Crippen LogP contribution in [0.15, 0.2) is 64.8 Å². The van der Waals surface area contributed by atoms with Crippen LogP contribution < -0.4 is 5.32 Å². The third kappa shape index (κ3) is 4.73. The fourth-order valence-electron chi connectivity index (χ4n) is 8.17. The minimum Gasteiger partial charge on any atom is -0.354 e. The number of ether oxygens (including phenoxy) is 1. The fourth-order valence-corrected chi connectivity index (χ4v) is 8.17. The van der Waals surface area contributed by atoms with Gasteiger partial charge in [0.15, 0.2) is 0 Å². The Bertz CT molecular complexity index is 1130. The Hall–Kier alpha value is -1.94. The van der Waals surface area contributed by atoms with Crippen molar-refractivity contribution in [2.45, 2.75) is 97.1 Å². The quantitative estimate of drug-likeness (QED) is 0.440. The highest BCUT2D eigenvalue weighted by atomic mass is 16.5. The molecule has 6 atom stereocenters. The van der Waals surface area contributed by atoms with E-state index in [-0.39, 0.29) is 18.4 Å². The maximum absolute atomic E-state index is 7.02. The molecule has 0 amide bonds. The molecule has 5 aliphatic rings. The van der Waals surface area contributed by atoms with Gasteiger partial charge in [-0.2, -0.15) is 0 Å². The molecule has 3 heterocycles. The first kappa shape index (κ1) is 25.3. The van der Waals surface area contributed by atoms with Crippen molar-refractivity contribution in [1.29, 1.82) is 0 Å². The van der Waals surface area contributed by atoms with E-state index >= 15 is 0 Å². The van der Waals surface area contributed by atoms with Crippen molar-refractivity contribution < 1.29 is 4.74 Å². The number of likely N-dealkylation sites (N-methyl/N-ethyl adjacent to an activating group) is 1. The second kappa shape index (κ2) is 10.3. The molecular formula is C34H46N2O. The Morgan fingerprint density at radius 1 is 1.00 bits per heavy atom. The lowest BCUT2D eigenvalue weighted by Crippen LogP contribution is -2.42. The second-order valence-electron chi connectivity index (χ2n) is 12.7. The summed E-state index contributed by atoms with van der Waals surface area (Å²) in [4.78, 5) is 2.57. The van der Waals surface area contributed by atoms with Gasteiger partial charge in [0, 0.05) is 18.4 Å². The molecule has 0 bridgehead atoms. The van der Waals surface area contributed by atoms with Crippen LogP contribution >= 0.6 is 0 Å². The maximum atomic E-state index is 7.02.